The highest BCUT2D eigenvalue weighted by Crippen LogP contribution is 2.49. The number of nitrogens with zero attached hydrogens (tertiary/aromatic N) is 1. The molecule has 1 fully saturated rings. The summed E-state index contributed by atoms with van der Waals surface area (Å²) in [5, 5.41) is 1.24. The van der Waals surface area contributed by atoms with Gasteiger partial charge in [0.05, 0.1) is 12.2 Å². The lowest BCUT2D eigenvalue weighted by Gasteiger charge is -2.32. The monoisotopic (exact) mass is 282 g/mol. The normalized spacial score (nSPS) is 28.2. The Morgan fingerprint density at radius 1 is 1.33 bits per heavy atom. The Balaban J connectivity index is 1.63. The molecule has 1 N–H and O–H groups in total. The van der Waals surface area contributed by atoms with E-state index in [0.29, 0.717) is 5.41 Å². The van der Waals surface area contributed by atoms with E-state index < -0.39 is 0 Å². The first-order valence-corrected chi connectivity index (χ1v) is 7.82. The number of hydrogen-bond acceptors (Lipinski definition) is 2. The molecule has 4 rings (SSSR count). The first kappa shape index (κ1) is 13.1. The minimum atomic E-state index is 0.0516. The van der Waals surface area contributed by atoms with Gasteiger partial charge in [0.1, 0.15) is 0 Å². The average molecular weight is 282 g/mol. The van der Waals surface area contributed by atoms with Crippen LogP contribution in [-0.2, 0) is 4.74 Å². The molecule has 1 unspecified atom stereocenters. The predicted molar refractivity (Wildman–Crippen MR) is 85.0 cm³/mol. The van der Waals surface area contributed by atoms with E-state index in [-0.39, 0.29) is 5.60 Å². The van der Waals surface area contributed by atoms with E-state index in [1.807, 2.05) is 18.5 Å². The molecule has 2 aromatic heterocycles. The van der Waals surface area contributed by atoms with Crippen molar-refractivity contribution in [2.75, 3.05) is 6.61 Å². The summed E-state index contributed by atoms with van der Waals surface area (Å²) in [6, 6.07) is 2.04. The van der Waals surface area contributed by atoms with Crippen LogP contribution in [0.1, 0.15) is 45.1 Å². The van der Waals surface area contributed by atoms with E-state index in [9.17, 15) is 0 Å². The summed E-state index contributed by atoms with van der Waals surface area (Å²) >= 11 is 0. The number of fused-ring (bicyclic) bond motifs is 1. The zero-order valence-electron chi connectivity index (χ0n) is 12.8. The Morgan fingerprint density at radius 3 is 2.95 bits per heavy atom. The van der Waals surface area contributed by atoms with Gasteiger partial charge in [-0.1, -0.05) is 6.08 Å². The Morgan fingerprint density at radius 2 is 2.24 bits per heavy atom. The molecule has 3 heterocycles. The van der Waals surface area contributed by atoms with E-state index in [2.05, 4.69) is 36.1 Å². The van der Waals surface area contributed by atoms with Gasteiger partial charge in [0.25, 0.3) is 0 Å². The Labute approximate surface area is 125 Å². The molecule has 3 heteroatoms. The smallest absolute Gasteiger partial charge is 0.0633 e. The van der Waals surface area contributed by atoms with E-state index in [1.165, 1.54) is 34.9 Å². The van der Waals surface area contributed by atoms with Crippen LogP contribution in [0.5, 0.6) is 0 Å². The molecule has 0 bridgehead atoms. The molecule has 1 saturated heterocycles. The minimum Gasteiger partial charge on any atom is -0.375 e. The summed E-state index contributed by atoms with van der Waals surface area (Å²) in [7, 11) is 0. The van der Waals surface area contributed by atoms with Gasteiger partial charge < -0.3 is 9.72 Å². The van der Waals surface area contributed by atoms with E-state index in [4.69, 9.17) is 4.74 Å². The van der Waals surface area contributed by atoms with Crippen LogP contribution in [0.15, 0.2) is 30.7 Å². The van der Waals surface area contributed by atoms with Crippen molar-refractivity contribution < 1.29 is 4.74 Å². The van der Waals surface area contributed by atoms with Crippen molar-refractivity contribution in [1.82, 2.24) is 9.97 Å². The standard InChI is InChI=1S/C18H22N2O/c1-17(2)11-18(12-21-17)6-3-13(4-7-18)14-10-20-16-5-8-19-9-15(14)16/h3,5,8-10,20H,4,6-7,11-12H2,1-2H3. The fourth-order valence-corrected chi connectivity index (χ4v) is 4.06. The van der Waals surface area contributed by atoms with Gasteiger partial charge in [0.2, 0.25) is 0 Å². The third-order valence-electron chi connectivity index (χ3n) is 5.11. The molecule has 1 atom stereocenters. The van der Waals surface area contributed by atoms with Crippen molar-refractivity contribution >= 4 is 16.5 Å². The van der Waals surface area contributed by atoms with Gasteiger partial charge in [-0.05, 0) is 51.2 Å². The van der Waals surface area contributed by atoms with Gasteiger partial charge in [-0.3, -0.25) is 4.98 Å². The van der Waals surface area contributed by atoms with Crippen molar-refractivity contribution in [3.8, 4) is 0 Å². The van der Waals surface area contributed by atoms with Crippen LogP contribution >= 0.6 is 0 Å². The molecule has 0 amide bonds. The van der Waals surface area contributed by atoms with Crippen LogP contribution in [-0.4, -0.2) is 22.2 Å². The van der Waals surface area contributed by atoms with Crippen molar-refractivity contribution in [3.05, 3.63) is 36.3 Å². The van der Waals surface area contributed by atoms with Crippen LogP contribution in [0, 0.1) is 5.41 Å². The summed E-state index contributed by atoms with van der Waals surface area (Å²) in [4.78, 5) is 7.62. The third kappa shape index (κ3) is 2.20. The minimum absolute atomic E-state index is 0.0516. The molecule has 2 aromatic rings. The molecular formula is C18H22N2O. The summed E-state index contributed by atoms with van der Waals surface area (Å²) in [5.74, 6) is 0. The number of ether oxygens (including phenoxy) is 1. The third-order valence-corrected chi connectivity index (χ3v) is 5.11. The highest BCUT2D eigenvalue weighted by molar-refractivity contribution is 5.92. The highest BCUT2D eigenvalue weighted by atomic mass is 16.5. The summed E-state index contributed by atoms with van der Waals surface area (Å²) in [6.07, 6.45) is 13.1. The van der Waals surface area contributed by atoms with Gasteiger partial charge >= 0.3 is 0 Å². The molecule has 21 heavy (non-hydrogen) atoms. The number of allylic oxidation sites excluding steroid dienone is 2. The number of pyridine rings is 1. The average Bonchev–Trinajstić information content (AvgIpc) is 3.02. The first-order valence-electron chi connectivity index (χ1n) is 7.82. The van der Waals surface area contributed by atoms with Crippen LogP contribution in [0.25, 0.3) is 16.5 Å². The first-order chi connectivity index (χ1) is 10.1. The fourth-order valence-electron chi connectivity index (χ4n) is 4.06. The lowest BCUT2D eigenvalue weighted by atomic mass is 9.71. The molecule has 0 aromatic carbocycles. The van der Waals surface area contributed by atoms with Gasteiger partial charge in [0, 0.05) is 40.5 Å². The zero-order valence-corrected chi connectivity index (χ0v) is 12.8. The van der Waals surface area contributed by atoms with E-state index in [0.717, 1.165) is 19.4 Å². The largest absolute Gasteiger partial charge is 0.375 e. The lowest BCUT2D eigenvalue weighted by molar-refractivity contribution is 0.0306. The molecule has 1 aliphatic heterocycles. The Bertz CT molecular complexity index is 713. The fraction of sp³-hybridized carbons (Fsp3) is 0.500. The highest BCUT2D eigenvalue weighted by Gasteiger charge is 2.44. The quantitative estimate of drug-likeness (QED) is 0.846. The van der Waals surface area contributed by atoms with Crippen LogP contribution < -0.4 is 0 Å². The Hall–Kier alpha value is -1.61. The number of aromatic amines is 1. The van der Waals surface area contributed by atoms with Crippen LogP contribution in [0.4, 0.5) is 0 Å². The number of rotatable bonds is 1. The van der Waals surface area contributed by atoms with Gasteiger partial charge in [0.15, 0.2) is 0 Å². The zero-order chi connectivity index (χ0) is 14.5. The maximum absolute atomic E-state index is 5.98. The Kier molecular flexibility index (Phi) is 2.77. The van der Waals surface area contributed by atoms with E-state index in [1.54, 1.807) is 0 Å². The second-order valence-electron chi connectivity index (χ2n) is 7.28. The summed E-state index contributed by atoms with van der Waals surface area (Å²) in [6.45, 7) is 5.35. The maximum atomic E-state index is 5.98. The number of hydrogen-bond donors (Lipinski definition) is 1. The SMILES string of the molecule is CC1(C)CC2(CC=C(c3c[nH]c4ccncc34)CC2)CO1. The van der Waals surface area contributed by atoms with Crippen molar-refractivity contribution in [2.24, 2.45) is 5.41 Å². The molecule has 110 valence electrons. The van der Waals surface area contributed by atoms with Crippen molar-refractivity contribution in [3.63, 3.8) is 0 Å². The van der Waals surface area contributed by atoms with Gasteiger partial charge in [-0.15, -0.1) is 0 Å². The molecule has 0 radical (unpaired) electrons. The molecule has 0 saturated carbocycles. The summed E-state index contributed by atoms with van der Waals surface area (Å²) in [5.41, 5.74) is 4.38. The van der Waals surface area contributed by atoms with Crippen LogP contribution in [0.3, 0.4) is 0 Å². The molecule has 1 spiro atoms. The lowest BCUT2D eigenvalue weighted by Crippen LogP contribution is -2.25. The van der Waals surface area contributed by atoms with Gasteiger partial charge in [-0.2, -0.15) is 0 Å². The maximum Gasteiger partial charge on any atom is 0.0633 e. The topological polar surface area (TPSA) is 37.9 Å². The van der Waals surface area contributed by atoms with Gasteiger partial charge in [-0.25, -0.2) is 0 Å². The molecule has 2 aliphatic rings. The van der Waals surface area contributed by atoms with Crippen molar-refractivity contribution in [1.29, 1.82) is 0 Å². The number of nitrogens with one attached hydrogen (secondary N) is 1. The second-order valence-corrected chi connectivity index (χ2v) is 7.28. The molecular weight excluding hydrogens is 260 g/mol. The second kappa shape index (κ2) is 4.44. The molecule has 3 nitrogen and oxygen atoms in total. The van der Waals surface area contributed by atoms with E-state index >= 15 is 0 Å². The van der Waals surface area contributed by atoms with Crippen LogP contribution in [0.2, 0.25) is 0 Å². The summed E-state index contributed by atoms with van der Waals surface area (Å²) < 4.78 is 5.98. The number of H-pyrrole nitrogens is 1. The van der Waals surface area contributed by atoms with Crippen molar-refractivity contribution in [2.45, 2.75) is 45.1 Å². The molecule has 1 aliphatic carbocycles. The predicted octanol–water partition coefficient (Wildman–Crippen LogP) is 4.32. The number of aromatic nitrogens is 2.